The van der Waals surface area contributed by atoms with Gasteiger partial charge in [-0.05, 0) is 55.0 Å². The van der Waals surface area contributed by atoms with Crippen molar-refractivity contribution in [1.82, 2.24) is 20.4 Å². The van der Waals surface area contributed by atoms with E-state index in [0.29, 0.717) is 30.6 Å². The Balaban J connectivity index is 1.16. The molecule has 0 bridgehead atoms. The summed E-state index contributed by atoms with van der Waals surface area (Å²) in [6.45, 7) is 3.11. The van der Waals surface area contributed by atoms with E-state index in [0.717, 1.165) is 37.4 Å². The predicted octanol–water partition coefficient (Wildman–Crippen LogP) is 2.22. The number of hydrogen-bond donors (Lipinski definition) is 2. The molecule has 2 aromatic carbocycles. The van der Waals surface area contributed by atoms with E-state index in [9.17, 15) is 14.4 Å². The monoisotopic (exact) mass is 488 g/mol. The molecule has 8 heteroatoms. The number of amides is 3. The summed E-state index contributed by atoms with van der Waals surface area (Å²) in [5, 5.41) is 6.14. The van der Waals surface area contributed by atoms with Crippen LogP contribution in [0.1, 0.15) is 53.6 Å². The summed E-state index contributed by atoms with van der Waals surface area (Å²) in [6, 6.07) is 16.4. The highest BCUT2D eigenvalue weighted by Crippen LogP contribution is 2.32. The van der Waals surface area contributed by atoms with Gasteiger partial charge in [0.2, 0.25) is 11.8 Å². The number of piperidine rings is 2. The van der Waals surface area contributed by atoms with E-state index in [1.54, 1.807) is 4.90 Å². The molecule has 3 amide bonds. The molecular formula is C28H32N4O4. The van der Waals surface area contributed by atoms with E-state index >= 15 is 0 Å². The van der Waals surface area contributed by atoms with E-state index in [1.165, 1.54) is 18.4 Å². The molecule has 3 aliphatic heterocycles. The van der Waals surface area contributed by atoms with Crippen molar-refractivity contribution in [2.75, 3.05) is 13.1 Å². The fraction of sp³-hybridized carbons (Fsp3) is 0.464. The SMILES string of the molecule is O=C1CCC(N2Cc3cc(OC4CN(Cc5ccccc5)CCC4NC4CC4)ccc3C2=O)C(=O)N1. The van der Waals surface area contributed by atoms with Crippen LogP contribution in [0.5, 0.6) is 5.75 Å². The fourth-order valence-corrected chi connectivity index (χ4v) is 5.63. The molecule has 188 valence electrons. The number of ether oxygens (including phenoxy) is 1. The van der Waals surface area contributed by atoms with Crippen LogP contribution in [0.3, 0.4) is 0 Å². The molecule has 6 rings (SSSR count). The van der Waals surface area contributed by atoms with Crippen LogP contribution in [0, 0.1) is 0 Å². The molecule has 0 radical (unpaired) electrons. The van der Waals surface area contributed by atoms with Gasteiger partial charge in [0.15, 0.2) is 0 Å². The summed E-state index contributed by atoms with van der Waals surface area (Å²) in [5.74, 6) is -0.0790. The lowest BCUT2D eigenvalue weighted by molar-refractivity contribution is -0.136. The Morgan fingerprint density at radius 1 is 1.00 bits per heavy atom. The lowest BCUT2D eigenvalue weighted by Crippen LogP contribution is -2.55. The lowest BCUT2D eigenvalue weighted by Gasteiger charge is -2.39. The van der Waals surface area contributed by atoms with E-state index < -0.39 is 11.9 Å². The van der Waals surface area contributed by atoms with Crippen molar-refractivity contribution in [3.8, 4) is 5.75 Å². The molecule has 3 heterocycles. The Morgan fingerprint density at radius 2 is 1.83 bits per heavy atom. The van der Waals surface area contributed by atoms with Crippen molar-refractivity contribution in [3.05, 3.63) is 65.2 Å². The first kappa shape index (κ1) is 23.2. The first-order chi connectivity index (χ1) is 17.5. The van der Waals surface area contributed by atoms with Crippen molar-refractivity contribution in [2.24, 2.45) is 0 Å². The molecule has 36 heavy (non-hydrogen) atoms. The minimum Gasteiger partial charge on any atom is -0.487 e. The fourth-order valence-electron chi connectivity index (χ4n) is 5.63. The number of likely N-dealkylation sites (tertiary alicyclic amines) is 1. The summed E-state index contributed by atoms with van der Waals surface area (Å²) in [4.78, 5) is 40.9. The van der Waals surface area contributed by atoms with Crippen LogP contribution in [-0.4, -0.2) is 64.8 Å². The summed E-state index contributed by atoms with van der Waals surface area (Å²) < 4.78 is 6.58. The Kier molecular flexibility index (Phi) is 6.23. The molecule has 0 aromatic heterocycles. The number of rotatable bonds is 7. The van der Waals surface area contributed by atoms with Gasteiger partial charge in [0, 0.05) is 50.2 Å². The second kappa shape index (κ2) is 9.67. The molecule has 3 fully saturated rings. The minimum atomic E-state index is -0.607. The third kappa shape index (κ3) is 4.88. The van der Waals surface area contributed by atoms with Crippen LogP contribution >= 0.6 is 0 Å². The molecule has 3 atom stereocenters. The van der Waals surface area contributed by atoms with Gasteiger partial charge in [-0.2, -0.15) is 0 Å². The minimum absolute atomic E-state index is 0.00412. The molecule has 4 aliphatic rings. The maximum Gasteiger partial charge on any atom is 0.255 e. The molecule has 2 aromatic rings. The Hall–Kier alpha value is -3.23. The largest absolute Gasteiger partial charge is 0.487 e. The standard InChI is InChI=1S/C28H32N4O4/c33-26-11-10-24(27(34)30-26)32-16-19-14-21(8-9-22(19)28(32)35)36-25-17-31(15-18-4-2-1-3-5-18)13-12-23(25)29-20-6-7-20/h1-5,8-9,14,20,23-25,29H,6-7,10-13,15-17H2,(H,30,33,34). The van der Waals surface area contributed by atoms with Crippen molar-refractivity contribution in [3.63, 3.8) is 0 Å². The average molecular weight is 489 g/mol. The van der Waals surface area contributed by atoms with Crippen molar-refractivity contribution < 1.29 is 19.1 Å². The zero-order chi connectivity index (χ0) is 24.6. The van der Waals surface area contributed by atoms with Crippen molar-refractivity contribution in [1.29, 1.82) is 0 Å². The predicted molar refractivity (Wildman–Crippen MR) is 133 cm³/mol. The Labute approximate surface area is 211 Å². The van der Waals surface area contributed by atoms with Crippen molar-refractivity contribution >= 4 is 17.7 Å². The van der Waals surface area contributed by atoms with Gasteiger partial charge in [0.1, 0.15) is 17.9 Å². The second-order valence-corrected chi connectivity index (χ2v) is 10.4. The highest BCUT2D eigenvalue weighted by Gasteiger charge is 2.40. The number of imide groups is 1. The van der Waals surface area contributed by atoms with Gasteiger partial charge in [-0.1, -0.05) is 30.3 Å². The van der Waals surface area contributed by atoms with Gasteiger partial charge in [-0.25, -0.2) is 0 Å². The van der Waals surface area contributed by atoms with Crippen LogP contribution in [-0.2, 0) is 22.7 Å². The third-order valence-electron chi connectivity index (χ3n) is 7.70. The summed E-state index contributed by atoms with van der Waals surface area (Å²) in [7, 11) is 0. The summed E-state index contributed by atoms with van der Waals surface area (Å²) in [5.41, 5.74) is 2.77. The maximum absolute atomic E-state index is 13.0. The number of hydrogen-bond acceptors (Lipinski definition) is 6. The number of fused-ring (bicyclic) bond motifs is 1. The van der Waals surface area contributed by atoms with Gasteiger partial charge in [0.05, 0.1) is 0 Å². The summed E-state index contributed by atoms with van der Waals surface area (Å²) >= 11 is 0. The molecule has 8 nitrogen and oxygen atoms in total. The summed E-state index contributed by atoms with van der Waals surface area (Å²) in [6.07, 6.45) is 4.11. The highest BCUT2D eigenvalue weighted by molar-refractivity contribution is 6.05. The Bertz CT molecular complexity index is 1170. The molecule has 2 N–H and O–H groups in total. The van der Waals surface area contributed by atoms with Gasteiger partial charge in [0.25, 0.3) is 5.91 Å². The first-order valence-corrected chi connectivity index (χ1v) is 13.0. The molecule has 1 saturated carbocycles. The van der Waals surface area contributed by atoms with E-state index in [-0.39, 0.29) is 24.3 Å². The van der Waals surface area contributed by atoms with E-state index in [1.807, 2.05) is 24.3 Å². The van der Waals surface area contributed by atoms with Crippen LogP contribution in [0.2, 0.25) is 0 Å². The van der Waals surface area contributed by atoms with Crippen LogP contribution in [0.15, 0.2) is 48.5 Å². The topological polar surface area (TPSA) is 91.0 Å². The number of carbonyl (C=O) groups is 3. The van der Waals surface area contributed by atoms with Crippen LogP contribution in [0.4, 0.5) is 0 Å². The second-order valence-electron chi connectivity index (χ2n) is 10.4. The van der Waals surface area contributed by atoms with E-state index in [4.69, 9.17) is 4.74 Å². The number of nitrogens with zero attached hydrogens (tertiary/aromatic N) is 2. The van der Waals surface area contributed by atoms with Gasteiger partial charge < -0.3 is 15.0 Å². The smallest absolute Gasteiger partial charge is 0.255 e. The number of benzene rings is 2. The number of carbonyl (C=O) groups excluding carboxylic acids is 3. The van der Waals surface area contributed by atoms with Gasteiger partial charge in [-0.3, -0.25) is 24.6 Å². The van der Waals surface area contributed by atoms with Gasteiger partial charge in [-0.15, -0.1) is 0 Å². The first-order valence-electron chi connectivity index (χ1n) is 13.0. The third-order valence-corrected chi connectivity index (χ3v) is 7.70. The average Bonchev–Trinajstić information content (AvgIpc) is 3.63. The van der Waals surface area contributed by atoms with Gasteiger partial charge >= 0.3 is 0 Å². The molecular weight excluding hydrogens is 456 g/mol. The Morgan fingerprint density at radius 3 is 2.61 bits per heavy atom. The normalized spacial score (nSPS) is 26.6. The van der Waals surface area contributed by atoms with Crippen molar-refractivity contribution in [2.45, 2.75) is 69.4 Å². The van der Waals surface area contributed by atoms with Crippen LogP contribution < -0.4 is 15.4 Å². The van der Waals surface area contributed by atoms with Crippen LogP contribution in [0.25, 0.3) is 0 Å². The number of nitrogens with one attached hydrogen (secondary N) is 2. The lowest BCUT2D eigenvalue weighted by atomic mass is 10.0. The zero-order valence-electron chi connectivity index (χ0n) is 20.3. The highest BCUT2D eigenvalue weighted by atomic mass is 16.5. The molecule has 0 spiro atoms. The molecule has 3 unspecified atom stereocenters. The molecule has 2 saturated heterocycles. The quantitative estimate of drug-likeness (QED) is 0.581. The maximum atomic E-state index is 13.0. The molecule has 1 aliphatic carbocycles. The van der Waals surface area contributed by atoms with E-state index in [2.05, 4.69) is 39.8 Å². The zero-order valence-corrected chi connectivity index (χ0v) is 20.3.